The lowest BCUT2D eigenvalue weighted by atomic mass is 10.1. The van der Waals surface area contributed by atoms with E-state index in [2.05, 4.69) is 9.55 Å². The Morgan fingerprint density at radius 3 is 2.81 bits per heavy atom. The summed E-state index contributed by atoms with van der Waals surface area (Å²) in [6.07, 6.45) is 1.10. The number of hydrogen-bond donors (Lipinski definition) is 0. The van der Waals surface area contributed by atoms with E-state index in [0.29, 0.717) is 13.1 Å². The largest absolute Gasteiger partial charge is 0.345 e. The molecule has 0 bridgehead atoms. The zero-order valence-electron chi connectivity index (χ0n) is 11.8. The zero-order valence-corrected chi connectivity index (χ0v) is 11.8. The monoisotopic (exact) mass is 291 g/mol. The number of fused-ring (bicyclic) bond motifs is 1. The van der Waals surface area contributed by atoms with Gasteiger partial charge in [0.2, 0.25) is 5.95 Å². The summed E-state index contributed by atoms with van der Waals surface area (Å²) in [6, 6.07) is 4.98. The summed E-state index contributed by atoms with van der Waals surface area (Å²) < 4.78 is 29.1. The number of nitrogens with zero attached hydrogens (tertiary/aromatic N) is 3. The van der Waals surface area contributed by atoms with E-state index in [-0.39, 0.29) is 11.6 Å². The van der Waals surface area contributed by atoms with E-state index in [1.165, 1.54) is 6.07 Å². The van der Waals surface area contributed by atoms with Crippen LogP contribution in [0, 0.1) is 18.7 Å². The molecule has 0 aliphatic carbocycles. The molecule has 0 fully saturated rings. The minimum absolute atomic E-state index is 0.185. The predicted octanol–water partition coefficient (Wildman–Crippen LogP) is 2.69. The van der Waals surface area contributed by atoms with Crippen molar-refractivity contribution in [1.29, 1.82) is 0 Å². The van der Waals surface area contributed by atoms with Gasteiger partial charge in [0.25, 0.3) is 5.91 Å². The second-order valence-electron chi connectivity index (χ2n) is 5.19. The molecule has 0 spiro atoms. The summed E-state index contributed by atoms with van der Waals surface area (Å²) >= 11 is 0. The minimum Gasteiger partial charge on any atom is -0.345 e. The van der Waals surface area contributed by atoms with Crippen molar-refractivity contribution in [2.75, 3.05) is 6.54 Å². The Hall–Kier alpha value is -2.24. The first-order chi connectivity index (χ1) is 10.0. The number of carbonyl (C=O) groups is 1. The highest BCUT2D eigenvalue weighted by molar-refractivity contribution is 5.94. The van der Waals surface area contributed by atoms with E-state index >= 15 is 0 Å². The van der Waals surface area contributed by atoms with Crippen molar-refractivity contribution in [3.8, 4) is 0 Å². The second kappa shape index (κ2) is 4.95. The molecule has 0 N–H and O–H groups in total. The first-order valence-corrected chi connectivity index (χ1v) is 6.77. The van der Waals surface area contributed by atoms with Crippen molar-refractivity contribution in [3.05, 3.63) is 53.1 Å². The molecular weight excluding hydrogens is 276 g/mol. The van der Waals surface area contributed by atoms with E-state index in [9.17, 15) is 13.6 Å². The fourth-order valence-electron chi connectivity index (χ4n) is 2.84. The van der Waals surface area contributed by atoms with Gasteiger partial charge in [-0.1, -0.05) is 0 Å². The normalized spacial score (nSPS) is 17.7. The number of carbonyl (C=O) groups excluding carboxylic acids is 1. The van der Waals surface area contributed by atoms with Crippen LogP contribution in [0.4, 0.5) is 8.78 Å². The van der Waals surface area contributed by atoms with E-state index < -0.39 is 17.7 Å². The third kappa shape index (κ3) is 2.11. The number of amides is 1. The van der Waals surface area contributed by atoms with Crippen LogP contribution in [-0.4, -0.2) is 26.9 Å². The van der Waals surface area contributed by atoms with E-state index in [0.717, 1.165) is 17.6 Å². The maximum absolute atomic E-state index is 13.7. The number of pyridine rings is 1. The molecule has 1 aliphatic heterocycles. The second-order valence-corrected chi connectivity index (χ2v) is 5.19. The van der Waals surface area contributed by atoms with Gasteiger partial charge in [0.15, 0.2) is 5.82 Å². The Kier molecular flexibility index (Phi) is 3.23. The summed E-state index contributed by atoms with van der Waals surface area (Å²) in [7, 11) is 0. The Bertz CT molecular complexity index is 711. The van der Waals surface area contributed by atoms with Gasteiger partial charge in [0.1, 0.15) is 0 Å². The predicted molar refractivity (Wildman–Crippen MR) is 72.8 cm³/mol. The van der Waals surface area contributed by atoms with Gasteiger partial charge in [-0.05, 0) is 32.0 Å². The molecule has 1 atom stereocenters. The van der Waals surface area contributed by atoms with Crippen LogP contribution >= 0.6 is 0 Å². The molecule has 3 rings (SSSR count). The molecule has 6 heteroatoms. The van der Waals surface area contributed by atoms with Gasteiger partial charge < -0.3 is 9.47 Å². The van der Waals surface area contributed by atoms with Crippen molar-refractivity contribution >= 4 is 5.91 Å². The number of aryl methyl sites for hydroxylation is 1. The van der Waals surface area contributed by atoms with Gasteiger partial charge in [-0.15, -0.1) is 0 Å². The van der Waals surface area contributed by atoms with Crippen LogP contribution in [0.15, 0.2) is 24.4 Å². The first kappa shape index (κ1) is 13.7. The van der Waals surface area contributed by atoms with Gasteiger partial charge in [0.05, 0.1) is 11.6 Å². The molecular formula is C15H15F2N3O. The third-order valence-corrected chi connectivity index (χ3v) is 4.03. The Labute approximate surface area is 121 Å². The molecule has 1 aliphatic rings. The molecule has 1 unspecified atom stereocenters. The lowest BCUT2D eigenvalue weighted by Crippen LogP contribution is -2.41. The molecule has 0 saturated heterocycles. The average molecular weight is 291 g/mol. The highest BCUT2D eigenvalue weighted by Gasteiger charge is 2.30. The van der Waals surface area contributed by atoms with Crippen LogP contribution in [0.1, 0.15) is 34.7 Å². The van der Waals surface area contributed by atoms with E-state index in [1.54, 1.807) is 4.90 Å². The highest BCUT2D eigenvalue weighted by atomic mass is 19.2. The van der Waals surface area contributed by atoms with Crippen molar-refractivity contribution in [1.82, 2.24) is 14.5 Å². The quantitative estimate of drug-likeness (QED) is 0.758. The van der Waals surface area contributed by atoms with Crippen LogP contribution in [0.2, 0.25) is 0 Å². The summed E-state index contributed by atoms with van der Waals surface area (Å²) in [5.74, 6) is -2.94. The minimum atomic E-state index is -1.25. The number of aromatic nitrogens is 2. The topological polar surface area (TPSA) is 38.1 Å². The fourth-order valence-corrected chi connectivity index (χ4v) is 2.84. The Morgan fingerprint density at radius 1 is 1.29 bits per heavy atom. The summed E-state index contributed by atoms with van der Waals surface area (Å²) in [5.41, 5.74) is 1.86. The molecule has 0 saturated carbocycles. The maximum atomic E-state index is 13.7. The Morgan fingerprint density at radius 2 is 2.05 bits per heavy atom. The number of hydrogen-bond acceptors (Lipinski definition) is 2. The van der Waals surface area contributed by atoms with Crippen molar-refractivity contribution in [2.24, 2.45) is 0 Å². The number of rotatable bonds is 1. The SMILES string of the molecule is Cc1ccc2n1CCN(C(=O)c1ccnc(F)c1F)C2C. The van der Waals surface area contributed by atoms with E-state index in [4.69, 9.17) is 0 Å². The van der Waals surface area contributed by atoms with Crippen molar-refractivity contribution in [3.63, 3.8) is 0 Å². The van der Waals surface area contributed by atoms with Crippen LogP contribution < -0.4 is 0 Å². The number of halogens is 2. The molecule has 2 aromatic heterocycles. The van der Waals surface area contributed by atoms with Gasteiger partial charge in [-0.3, -0.25) is 4.79 Å². The molecule has 0 aromatic carbocycles. The molecule has 4 nitrogen and oxygen atoms in total. The standard InChI is InChI=1S/C15H15F2N3O/c1-9-3-4-12-10(2)20(8-7-19(9)12)15(21)11-5-6-18-14(17)13(11)16/h3-6,10H,7-8H2,1-2H3. The van der Waals surface area contributed by atoms with Crippen LogP contribution in [0.3, 0.4) is 0 Å². The first-order valence-electron chi connectivity index (χ1n) is 6.77. The molecule has 110 valence electrons. The van der Waals surface area contributed by atoms with Crippen molar-refractivity contribution < 1.29 is 13.6 Å². The molecule has 1 amide bonds. The maximum Gasteiger partial charge on any atom is 0.257 e. The van der Waals surface area contributed by atoms with Crippen LogP contribution in [-0.2, 0) is 6.54 Å². The fraction of sp³-hybridized carbons (Fsp3) is 0.333. The summed E-state index contributed by atoms with van der Waals surface area (Å²) in [6.45, 7) is 5.01. The zero-order chi connectivity index (χ0) is 15.1. The summed E-state index contributed by atoms with van der Waals surface area (Å²) in [4.78, 5) is 17.3. The third-order valence-electron chi connectivity index (χ3n) is 4.03. The van der Waals surface area contributed by atoms with Crippen molar-refractivity contribution in [2.45, 2.75) is 26.4 Å². The molecule has 0 radical (unpaired) electrons. The molecule has 3 heterocycles. The van der Waals surface area contributed by atoms with Gasteiger partial charge in [-0.25, -0.2) is 9.37 Å². The summed E-state index contributed by atoms with van der Waals surface area (Å²) in [5, 5.41) is 0. The Balaban J connectivity index is 1.95. The lowest BCUT2D eigenvalue weighted by Gasteiger charge is -2.35. The molecule has 2 aromatic rings. The molecule has 21 heavy (non-hydrogen) atoms. The van der Waals surface area contributed by atoms with Gasteiger partial charge >= 0.3 is 0 Å². The van der Waals surface area contributed by atoms with Crippen LogP contribution in [0.25, 0.3) is 0 Å². The van der Waals surface area contributed by atoms with Crippen LogP contribution in [0.5, 0.6) is 0 Å². The van der Waals surface area contributed by atoms with Gasteiger partial charge in [0, 0.05) is 30.7 Å². The highest BCUT2D eigenvalue weighted by Crippen LogP contribution is 2.29. The van der Waals surface area contributed by atoms with E-state index in [1.807, 2.05) is 26.0 Å². The average Bonchev–Trinajstić information content (AvgIpc) is 2.84. The lowest BCUT2D eigenvalue weighted by molar-refractivity contribution is 0.0636. The van der Waals surface area contributed by atoms with Gasteiger partial charge in [-0.2, -0.15) is 4.39 Å². The smallest absolute Gasteiger partial charge is 0.257 e.